The summed E-state index contributed by atoms with van der Waals surface area (Å²) in [5, 5.41) is 10.4. The maximum atomic E-state index is 10.4. The number of nitrogens with zero attached hydrogens (tertiary/aromatic N) is 2. The molecule has 0 bridgehead atoms. The number of aliphatic hydroxyl groups is 1. The topological polar surface area (TPSA) is 26.7 Å². The van der Waals surface area contributed by atoms with Gasteiger partial charge in [0.2, 0.25) is 0 Å². The van der Waals surface area contributed by atoms with Crippen molar-refractivity contribution in [3.05, 3.63) is 71.8 Å². The molecule has 2 aromatic rings. The molecule has 0 spiro atoms. The highest BCUT2D eigenvalue weighted by atomic mass is 16.3. The van der Waals surface area contributed by atoms with Crippen molar-refractivity contribution in [2.75, 3.05) is 19.6 Å². The highest BCUT2D eigenvalue weighted by Gasteiger charge is 2.31. The average Bonchev–Trinajstić information content (AvgIpc) is 2.58. The van der Waals surface area contributed by atoms with Gasteiger partial charge in [-0.25, -0.2) is 0 Å². The zero-order chi connectivity index (χ0) is 17.7. The third-order valence-corrected chi connectivity index (χ3v) is 4.90. The molecule has 2 aromatic carbocycles. The van der Waals surface area contributed by atoms with Gasteiger partial charge in [-0.1, -0.05) is 60.7 Å². The van der Waals surface area contributed by atoms with E-state index in [2.05, 4.69) is 70.5 Å². The maximum Gasteiger partial charge on any atom is 0.0607 e. The van der Waals surface area contributed by atoms with E-state index in [0.717, 1.165) is 39.1 Å². The molecule has 0 aliphatic carbocycles. The molecule has 1 aliphatic heterocycles. The minimum Gasteiger partial charge on any atom is -0.390 e. The van der Waals surface area contributed by atoms with Crippen molar-refractivity contribution in [3.8, 4) is 0 Å². The van der Waals surface area contributed by atoms with Gasteiger partial charge < -0.3 is 5.11 Å². The molecular formula is C22H30N2O. The van der Waals surface area contributed by atoms with E-state index in [4.69, 9.17) is 0 Å². The van der Waals surface area contributed by atoms with Gasteiger partial charge >= 0.3 is 0 Å². The fourth-order valence-electron chi connectivity index (χ4n) is 3.74. The second-order valence-corrected chi connectivity index (χ2v) is 7.85. The molecule has 0 amide bonds. The van der Waals surface area contributed by atoms with Crippen LogP contribution in [0.4, 0.5) is 0 Å². The predicted molar refractivity (Wildman–Crippen MR) is 103 cm³/mol. The molecule has 1 aliphatic rings. The van der Waals surface area contributed by atoms with Gasteiger partial charge in [-0.2, -0.15) is 0 Å². The summed E-state index contributed by atoms with van der Waals surface area (Å²) in [6.45, 7) is 8.91. The zero-order valence-electron chi connectivity index (χ0n) is 15.4. The summed E-state index contributed by atoms with van der Waals surface area (Å²) < 4.78 is 0. The first-order valence-corrected chi connectivity index (χ1v) is 9.26. The summed E-state index contributed by atoms with van der Waals surface area (Å²) in [5.74, 6) is 0. The highest BCUT2D eigenvalue weighted by molar-refractivity contribution is 5.16. The number of hydrogen-bond donors (Lipinski definition) is 1. The number of rotatable bonds is 6. The molecule has 1 saturated heterocycles. The Kier molecular flexibility index (Phi) is 5.89. The summed E-state index contributed by atoms with van der Waals surface area (Å²) >= 11 is 0. The Morgan fingerprint density at radius 1 is 0.880 bits per heavy atom. The van der Waals surface area contributed by atoms with Crippen LogP contribution in [0.5, 0.6) is 0 Å². The van der Waals surface area contributed by atoms with Crippen molar-refractivity contribution >= 4 is 0 Å². The van der Waals surface area contributed by atoms with Gasteiger partial charge in [0, 0.05) is 38.8 Å². The molecular weight excluding hydrogens is 308 g/mol. The average molecular weight is 338 g/mol. The molecule has 25 heavy (non-hydrogen) atoms. The van der Waals surface area contributed by atoms with Crippen molar-refractivity contribution in [1.29, 1.82) is 0 Å². The molecule has 3 heteroatoms. The van der Waals surface area contributed by atoms with Crippen LogP contribution in [-0.2, 0) is 13.1 Å². The number of piperazine rings is 1. The summed E-state index contributed by atoms with van der Waals surface area (Å²) in [5.41, 5.74) is 2.07. The van der Waals surface area contributed by atoms with E-state index in [0.29, 0.717) is 6.04 Å². The summed E-state index contributed by atoms with van der Waals surface area (Å²) in [4.78, 5) is 5.06. The summed E-state index contributed by atoms with van der Waals surface area (Å²) in [6.07, 6.45) is 0.797. The van der Waals surface area contributed by atoms with Crippen LogP contribution in [0.2, 0.25) is 0 Å². The van der Waals surface area contributed by atoms with Gasteiger partial charge in [0.25, 0.3) is 0 Å². The fourth-order valence-corrected chi connectivity index (χ4v) is 3.74. The third kappa shape index (κ3) is 5.67. The summed E-state index contributed by atoms with van der Waals surface area (Å²) in [7, 11) is 0. The van der Waals surface area contributed by atoms with Gasteiger partial charge in [0.1, 0.15) is 0 Å². The second-order valence-electron chi connectivity index (χ2n) is 7.85. The standard InChI is InChI=1S/C22H30N2O/c1-22(2,25)15-21-18-23(16-19-9-5-3-6-10-19)13-14-24(21)17-20-11-7-4-8-12-20/h3-12,21,25H,13-18H2,1-2H3. The van der Waals surface area contributed by atoms with Crippen molar-refractivity contribution in [3.63, 3.8) is 0 Å². The second kappa shape index (κ2) is 8.13. The zero-order valence-corrected chi connectivity index (χ0v) is 15.4. The summed E-state index contributed by atoms with van der Waals surface area (Å²) in [6, 6.07) is 21.7. The van der Waals surface area contributed by atoms with E-state index in [1.54, 1.807) is 0 Å². The lowest BCUT2D eigenvalue weighted by atomic mass is 9.95. The van der Waals surface area contributed by atoms with E-state index in [-0.39, 0.29) is 0 Å². The van der Waals surface area contributed by atoms with E-state index in [1.807, 2.05) is 13.8 Å². The largest absolute Gasteiger partial charge is 0.390 e. The molecule has 1 fully saturated rings. The molecule has 134 valence electrons. The van der Waals surface area contributed by atoms with Crippen LogP contribution < -0.4 is 0 Å². The van der Waals surface area contributed by atoms with Crippen molar-refractivity contribution < 1.29 is 5.11 Å². The van der Waals surface area contributed by atoms with E-state index in [1.165, 1.54) is 11.1 Å². The lowest BCUT2D eigenvalue weighted by Gasteiger charge is -2.43. The monoisotopic (exact) mass is 338 g/mol. The molecule has 1 atom stereocenters. The lowest BCUT2D eigenvalue weighted by molar-refractivity contribution is -0.00394. The Bertz CT molecular complexity index is 636. The van der Waals surface area contributed by atoms with Crippen LogP contribution in [0, 0.1) is 0 Å². The molecule has 3 nitrogen and oxygen atoms in total. The van der Waals surface area contributed by atoms with Crippen LogP contribution in [0.15, 0.2) is 60.7 Å². The van der Waals surface area contributed by atoms with Crippen molar-refractivity contribution in [2.24, 2.45) is 0 Å². The predicted octanol–water partition coefficient (Wildman–Crippen LogP) is 3.53. The molecule has 1 heterocycles. The Hall–Kier alpha value is -1.68. The molecule has 1 unspecified atom stereocenters. The SMILES string of the molecule is CC(C)(O)CC1CN(Cc2ccccc2)CCN1Cc1ccccc1. The van der Waals surface area contributed by atoms with Gasteiger partial charge in [-0.15, -0.1) is 0 Å². The highest BCUT2D eigenvalue weighted by Crippen LogP contribution is 2.23. The van der Waals surface area contributed by atoms with E-state index < -0.39 is 5.60 Å². The molecule has 0 aromatic heterocycles. The normalized spacial score (nSPS) is 19.9. The third-order valence-electron chi connectivity index (χ3n) is 4.90. The van der Waals surface area contributed by atoms with E-state index in [9.17, 15) is 5.11 Å². The van der Waals surface area contributed by atoms with Gasteiger partial charge in [0.15, 0.2) is 0 Å². The lowest BCUT2D eigenvalue weighted by Crippen LogP contribution is -2.54. The smallest absolute Gasteiger partial charge is 0.0607 e. The quantitative estimate of drug-likeness (QED) is 0.873. The van der Waals surface area contributed by atoms with Crippen molar-refractivity contribution in [1.82, 2.24) is 9.80 Å². The number of benzene rings is 2. The Morgan fingerprint density at radius 2 is 1.44 bits per heavy atom. The van der Waals surface area contributed by atoms with Gasteiger partial charge in [-0.3, -0.25) is 9.80 Å². The Balaban J connectivity index is 1.67. The first kappa shape index (κ1) is 18.1. The van der Waals surface area contributed by atoms with Crippen LogP contribution in [0.1, 0.15) is 31.4 Å². The molecule has 0 radical (unpaired) electrons. The first-order chi connectivity index (χ1) is 12.0. The molecule has 3 rings (SSSR count). The fraction of sp³-hybridized carbons (Fsp3) is 0.455. The van der Waals surface area contributed by atoms with Crippen LogP contribution in [0.3, 0.4) is 0 Å². The minimum atomic E-state index is -0.643. The molecule has 1 N–H and O–H groups in total. The van der Waals surface area contributed by atoms with Crippen LogP contribution in [-0.4, -0.2) is 46.2 Å². The van der Waals surface area contributed by atoms with Gasteiger partial charge in [-0.05, 0) is 31.4 Å². The Labute approximate surface area is 151 Å². The first-order valence-electron chi connectivity index (χ1n) is 9.26. The van der Waals surface area contributed by atoms with Crippen LogP contribution >= 0.6 is 0 Å². The van der Waals surface area contributed by atoms with Crippen molar-refractivity contribution in [2.45, 2.75) is 45.0 Å². The molecule has 0 saturated carbocycles. The maximum absolute atomic E-state index is 10.4. The van der Waals surface area contributed by atoms with Gasteiger partial charge in [0.05, 0.1) is 5.60 Å². The van der Waals surface area contributed by atoms with E-state index >= 15 is 0 Å². The van der Waals surface area contributed by atoms with Crippen LogP contribution in [0.25, 0.3) is 0 Å². The number of hydrogen-bond acceptors (Lipinski definition) is 3. The Morgan fingerprint density at radius 3 is 2.00 bits per heavy atom. The minimum absolute atomic E-state index is 0.373.